The summed E-state index contributed by atoms with van der Waals surface area (Å²) in [6.07, 6.45) is 0. The normalized spacial score (nSPS) is 10.1. The van der Waals surface area contributed by atoms with Gasteiger partial charge in [-0.1, -0.05) is 69.6 Å². The van der Waals surface area contributed by atoms with Gasteiger partial charge in [-0.15, -0.1) is 0 Å². The summed E-state index contributed by atoms with van der Waals surface area (Å²) in [6, 6.07) is 3.00. The molecule has 0 spiro atoms. The molecule has 1 aromatic carbocycles. The molecule has 0 aliphatic rings. The third kappa shape index (κ3) is 2.85. The third-order valence-corrected chi connectivity index (χ3v) is 2.90. The Labute approximate surface area is 111 Å². The minimum atomic E-state index is 0.0362. The van der Waals surface area contributed by atoms with Crippen molar-refractivity contribution in [3.63, 3.8) is 0 Å². The van der Waals surface area contributed by atoms with Crippen LogP contribution in [0.5, 0.6) is 0 Å². The van der Waals surface area contributed by atoms with E-state index in [1.54, 1.807) is 0 Å². The van der Waals surface area contributed by atoms with Gasteiger partial charge in [-0.05, 0) is 12.1 Å². The highest BCUT2D eigenvalue weighted by molar-refractivity contribution is 6.74. The van der Waals surface area contributed by atoms with Crippen molar-refractivity contribution < 1.29 is 0 Å². The van der Waals surface area contributed by atoms with E-state index in [0.29, 0.717) is 20.5 Å². The molecule has 0 saturated heterocycles. The molecule has 76 valence electrons. The van der Waals surface area contributed by atoms with Crippen LogP contribution in [0.2, 0.25) is 10.0 Å². The summed E-state index contributed by atoms with van der Waals surface area (Å²) in [5, 5.41) is 1.56. The molecular weight excluding hydrogens is 309 g/mol. The Morgan fingerprint density at radius 2 is 1.00 bits per heavy atom. The summed E-state index contributed by atoms with van der Waals surface area (Å²) in [5.41, 5.74) is 0. The monoisotopic (exact) mass is 308 g/mol. The summed E-state index contributed by atoms with van der Waals surface area (Å²) in [7, 11) is 0. The Kier molecular flexibility index (Phi) is 4.70. The fourth-order valence-corrected chi connectivity index (χ4v) is 2.17. The molecule has 0 unspecified atom stereocenters. The first-order valence-electron chi connectivity index (χ1n) is 3.29. The van der Waals surface area contributed by atoms with E-state index in [9.17, 15) is 0 Å². The van der Waals surface area contributed by atoms with E-state index in [2.05, 4.69) is 0 Å². The maximum absolute atomic E-state index is 5.86. The summed E-state index contributed by atoms with van der Waals surface area (Å²) in [5.74, 6) is 0. The van der Waals surface area contributed by atoms with Crippen molar-refractivity contribution in [1.82, 2.24) is 0 Å². The fraction of sp³-hybridized carbons (Fsp3) is 0. The molecule has 0 radical (unpaired) electrons. The van der Waals surface area contributed by atoms with E-state index in [1.807, 2.05) is 0 Å². The lowest BCUT2D eigenvalue weighted by Gasteiger charge is -1.97. The van der Waals surface area contributed by atoms with Gasteiger partial charge in [0, 0.05) is 10.4 Å². The van der Waals surface area contributed by atoms with Gasteiger partial charge < -0.3 is 0 Å². The first-order chi connectivity index (χ1) is 6.43. The zero-order chi connectivity index (χ0) is 10.9. The summed E-state index contributed by atoms with van der Waals surface area (Å²) in [4.78, 5) is 0. The molecule has 0 aliphatic carbocycles. The van der Waals surface area contributed by atoms with Crippen molar-refractivity contribution in [3.05, 3.63) is 32.6 Å². The molecule has 0 atom stereocenters. The van der Waals surface area contributed by atoms with Crippen molar-refractivity contribution in [1.29, 1.82) is 0 Å². The lowest BCUT2D eigenvalue weighted by Crippen LogP contribution is -2.12. The average Bonchev–Trinajstić information content (AvgIpc) is 2.07. The van der Waals surface area contributed by atoms with E-state index in [4.69, 9.17) is 69.6 Å². The van der Waals surface area contributed by atoms with Gasteiger partial charge in [0.15, 0.2) is 0 Å². The Morgan fingerprint density at radius 1 is 0.714 bits per heavy atom. The first-order valence-corrected chi connectivity index (χ1v) is 5.56. The molecule has 6 heteroatoms. The number of benzene rings is 1. The molecular formula is C8H2Cl6. The Morgan fingerprint density at radius 3 is 1.21 bits per heavy atom. The van der Waals surface area contributed by atoms with E-state index in [1.165, 1.54) is 12.1 Å². The van der Waals surface area contributed by atoms with E-state index >= 15 is 0 Å². The summed E-state index contributed by atoms with van der Waals surface area (Å²) in [6.45, 7) is 0. The second-order valence-electron chi connectivity index (χ2n) is 2.33. The van der Waals surface area contributed by atoms with Crippen LogP contribution in [0, 0.1) is 0 Å². The zero-order valence-electron chi connectivity index (χ0n) is 6.42. The van der Waals surface area contributed by atoms with Crippen LogP contribution in [0.3, 0.4) is 0 Å². The van der Waals surface area contributed by atoms with E-state index < -0.39 is 0 Å². The van der Waals surface area contributed by atoms with Crippen molar-refractivity contribution in [2.75, 3.05) is 0 Å². The maximum atomic E-state index is 5.86. The van der Waals surface area contributed by atoms with Gasteiger partial charge in [0.05, 0.1) is 10.0 Å². The molecule has 0 aliphatic heterocycles. The van der Waals surface area contributed by atoms with Crippen LogP contribution in [0.25, 0.3) is 8.98 Å². The second-order valence-corrected chi connectivity index (χ2v) is 5.05. The fourth-order valence-electron chi connectivity index (χ4n) is 0.836. The van der Waals surface area contributed by atoms with E-state index in [-0.39, 0.29) is 8.98 Å². The van der Waals surface area contributed by atoms with Crippen LogP contribution in [0.1, 0.15) is 0 Å². The average molecular weight is 311 g/mol. The summed E-state index contributed by atoms with van der Waals surface area (Å²) < 4.78 is 0.0725. The highest BCUT2D eigenvalue weighted by Gasteiger charge is 2.02. The van der Waals surface area contributed by atoms with Crippen molar-refractivity contribution in [2.45, 2.75) is 0 Å². The van der Waals surface area contributed by atoms with Gasteiger partial charge in [0.1, 0.15) is 8.98 Å². The highest BCUT2D eigenvalue weighted by Crippen LogP contribution is 2.14. The molecule has 1 rings (SSSR count). The van der Waals surface area contributed by atoms with Gasteiger partial charge in [0.25, 0.3) is 0 Å². The molecule has 1 aromatic rings. The molecule has 0 aromatic heterocycles. The Balaban J connectivity index is 3.74. The minimum Gasteiger partial charge on any atom is -0.0836 e. The maximum Gasteiger partial charge on any atom is 0.115 e. The first kappa shape index (κ1) is 12.8. The SMILES string of the molecule is ClC(Cl)=c1cc(Cl)c(=C(Cl)Cl)cc1Cl. The molecule has 0 N–H and O–H groups in total. The van der Waals surface area contributed by atoms with Gasteiger partial charge in [-0.25, -0.2) is 0 Å². The topological polar surface area (TPSA) is 0 Å². The van der Waals surface area contributed by atoms with E-state index in [0.717, 1.165) is 0 Å². The van der Waals surface area contributed by atoms with Crippen molar-refractivity contribution in [3.8, 4) is 0 Å². The molecule has 0 heterocycles. The van der Waals surface area contributed by atoms with Crippen LogP contribution in [0.15, 0.2) is 12.1 Å². The molecule has 14 heavy (non-hydrogen) atoms. The predicted molar refractivity (Wildman–Crippen MR) is 65.9 cm³/mol. The highest BCUT2D eigenvalue weighted by atomic mass is 35.5. The number of halogens is 6. The molecule has 0 amide bonds. The molecule has 0 nitrogen and oxygen atoms in total. The number of hydrogen-bond acceptors (Lipinski definition) is 0. The number of hydrogen-bond donors (Lipinski definition) is 0. The van der Waals surface area contributed by atoms with Crippen LogP contribution in [0.4, 0.5) is 0 Å². The van der Waals surface area contributed by atoms with Crippen LogP contribution >= 0.6 is 69.6 Å². The number of rotatable bonds is 0. The minimum absolute atomic E-state index is 0.0362. The molecule has 0 saturated carbocycles. The lowest BCUT2D eigenvalue weighted by atomic mass is 10.3. The third-order valence-electron chi connectivity index (χ3n) is 1.46. The van der Waals surface area contributed by atoms with Crippen LogP contribution in [-0.4, -0.2) is 0 Å². The van der Waals surface area contributed by atoms with Crippen molar-refractivity contribution >= 4 is 78.6 Å². The smallest absolute Gasteiger partial charge is 0.0836 e. The lowest BCUT2D eigenvalue weighted by molar-refractivity contribution is 1.55. The van der Waals surface area contributed by atoms with Gasteiger partial charge in [-0.3, -0.25) is 0 Å². The van der Waals surface area contributed by atoms with Crippen LogP contribution in [-0.2, 0) is 0 Å². The summed E-state index contributed by atoms with van der Waals surface area (Å²) >= 11 is 34.0. The van der Waals surface area contributed by atoms with Gasteiger partial charge in [-0.2, -0.15) is 0 Å². The molecule has 0 fully saturated rings. The van der Waals surface area contributed by atoms with Crippen molar-refractivity contribution in [2.24, 2.45) is 0 Å². The largest absolute Gasteiger partial charge is 0.115 e. The van der Waals surface area contributed by atoms with Gasteiger partial charge >= 0.3 is 0 Å². The standard InChI is InChI=1S/C8H2Cl6/c9-5-1-3(7(11)12)6(10)2-4(5)8(13)14/h1-2H. The Hall–Kier alpha value is 0.700. The van der Waals surface area contributed by atoms with Gasteiger partial charge in [0.2, 0.25) is 0 Å². The predicted octanol–water partition coefficient (Wildman–Crippen LogP) is 4.08. The second kappa shape index (κ2) is 5.16. The molecule has 0 bridgehead atoms. The Bertz CT molecular complexity index is 422. The zero-order valence-corrected chi connectivity index (χ0v) is 11.0. The van der Waals surface area contributed by atoms with Crippen LogP contribution < -0.4 is 10.4 Å². The quantitative estimate of drug-likeness (QED) is 0.677.